The molecule has 1 saturated heterocycles. The van der Waals surface area contributed by atoms with Crippen molar-refractivity contribution in [3.05, 3.63) is 42.1 Å². The van der Waals surface area contributed by atoms with Crippen LogP contribution >= 0.6 is 0 Å². The van der Waals surface area contributed by atoms with Gasteiger partial charge in [-0.3, -0.25) is 4.79 Å². The maximum atomic E-state index is 13.0. The van der Waals surface area contributed by atoms with Crippen LogP contribution in [0.2, 0.25) is 0 Å². The number of aryl methyl sites for hydroxylation is 1. The second-order valence-electron chi connectivity index (χ2n) is 7.10. The highest BCUT2D eigenvalue weighted by Crippen LogP contribution is 2.53. The lowest BCUT2D eigenvalue weighted by atomic mass is 9.93. The Kier molecular flexibility index (Phi) is 3.33. The van der Waals surface area contributed by atoms with Crippen LogP contribution in [-0.2, 0) is 6.54 Å². The fraction of sp³-hybridized carbons (Fsp3) is 0.450. The van der Waals surface area contributed by atoms with Gasteiger partial charge in [0, 0.05) is 36.7 Å². The van der Waals surface area contributed by atoms with Gasteiger partial charge < -0.3 is 9.47 Å². The van der Waals surface area contributed by atoms with E-state index in [1.165, 1.54) is 25.7 Å². The number of likely N-dealkylation sites (tertiary alicyclic amines) is 1. The molecule has 0 bridgehead atoms. The number of carbonyl (C=O) groups is 1. The van der Waals surface area contributed by atoms with Gasteiger partial charge in [0.05, 0.1) is 5.56 Å². The van der Waals surface area contributed by atoms with Crippen LogP contribution in [0.3, 0.4) is 0 Å². The Morgan fingerprint density at radius 1 is 1.26 bits per heavy atom. The lowest BCUT2D eigenvalue weighted by molar-refractivity contribution is 0.0680. The third-order valence-corrected chi connectivity index (χ3v) is 5.78. The minimum atomic E-state index is 0.198. The van der Waals surface area contributed by atoms with E-state index in [9.17, 15) is 4.79 Å². The highest BCUT2D eigenvalue weighted by atomic mass is 16.2. The summed E-state index contributed by atoms with van der Waals surface area (Å²) in [7, 11) is 0. The van der Waals surface area contributed by atoms with E-state index in [-0.39, 0.29) is 5.91 Å². The molecule has 0 unspecified atom stereocenters. The summed E-state index contributed by atoms with van der Waals surface area (Å²) in [5.41, 5.74) is 3.68. The summed E-state index contributed by atoms with van der Waals surface area (Å²) in [5.74, 6) is 0.198. The number of hydrogen-bond acceptors (Lipinski definition) is 1. The highest BCUT2D eigenvalue weighted by molar-refractivity contribution is 6.07. The molecule has 120 valence electrons. The minimum Gasteiger partial charge on any atom is -0.347 e. The van der Waals surface area contributed by atoms with Crippen LogP contribution in [0.5, 0.6) is 0 Å². The van der Waals surface area contributed by atoms with Crippen LogP contribution in [0.1, 0.15) is 48.5 Å². The van der Waals surface area contributed by atoms with Gasteiger partial charge in [0.15, 0.2) is 0 Å². The fourth-order valence-corrected chi connectivity index (χ4v) is 3.90. The molecule has 0 atom stereocenters. The maximum Gasteiger partial charge on any atom is 0.256 e. The summed E-state index contributed by atoms with van der Waals surface area (Å²) in [5, 5.41) is 1.06. The van der Waals surface area contributed by atoms with Gasteiger partial charge in [0.1, 0.15) is 0 Å². The predicted octanol–water partition coefficient (Wildman–Crippen LogP) is 4.32. The topological polar surface area (TPSA) is 25.2 Å². The van der Waals surface area contributed by atoms with Gasteiger partial charge in [-0.05, 0) is 49.7 Å². The first-order chi connectivity index (χ1) is 11.2. The van der Waals surface area contributed by atoms with E-state index in [2.05, 4.69) is 35.1 Å². The van der Waals surface area contributed by atoms with Crippen molar-refractivity contribution < 1.29 is 4.79 Å². The van der Waals surface area contributed by atoms with Crippen molar-refractivity contribution in [2.45, 2.75) is 39.2 Å². The number of amides is 1. The minimum absolute atomic E-state index is 0.198. The number of piperidine rings is 1. The zero-order valence-electron chi connectivity index (χ0n) is 13.8. The second kappa shape index (κ2) is 5.26. The summed E-state index contributed by atoms with van der Waals surface area (Å²) in [6.07, 6.45) is 9.00. The molecule has 1 aliphatic heterocycles. The molecule has 1 aliphatic carbocycles. The van der Waals surface area contributed by atoms with Gasteiger partial charge in [-0.15, -0.1) is 0 Å². The Morgan fingerprint density at radius 2 is 2.00 bits per heavy atom. The zero-order chi connectivity index (χ0) is 16.0. The molecule has 0 N–H and O–H groups in total. The van der Waals surface area contributed by atoms with Crippen molar-refractivity contribution in [3.63, 3.8) is 0 Å². The summed E-state index contributed by atoms with van der Waals surface area (Å²) >= 11 is 0. The molecule has 23 heavy (non-hydrogen) atoms. The predicted molar refractivity (Wildman–Crippen MR) is 94.5 cm³/mol. The molecule has 2 aliphatic rings. The highest BCUT2D eigenvalue weighted by Gasteiger charge is 2.45. The van der Waals surface area contributed by atoms with Gasteiger partial charge in [-0.1, -0.05) is 24.8 Å². The van der Waals surface area contributed by atoms with Crippen molar-refractivity contribution in [3.8, 4) is 0 Å². The van der Waals surface area contributed by atoms with Crippen molar-refractivity contribution >= 4 is 22.9 Å². The van der Waals surface area contributed by atoms with Crippen LogP contribution < -0.4 is 0 Å². The van der Waals surface area contributed by atoms with Crippen LogP contribution in [0.4, 0.5) is 0 Å². The zero-order valence-corrected chi connectivity index (χ0v) is 13.8. The molecule has 3 nitrogen and oxygen atoms in total. The molecule has 2 fully saturated rings. The summed E-state index contributed by atoms with van der Waals surface area (Å²) in [6.45, 7) is 8.67. The van der Waals surface area contributed by atoms with Gasteiger partial charge >= 0.3 is 0 Å². The molecule has 1 saturated carbocycles. The van der Waals surface area contributed by atoms with Crippen molar-refractivity contribution in [1.82, 2.24) is 9.47 Å². The summed E-state index contributed by atoms with van der Waals surface area (Å²) in [4.78, 5) is 15.1. The number of carbonyl (C=O) groups excluding carboxylic acids is 1. The van der Waals surface area contributed by atoms with Gasteiger partial charge in [-0.25, -0.2) is 0 Å². The normalized spacial score (nSPS) is 19.3. The quantitative estimate of drug-likeness (QED) is 0.829. The van der Waals surface area contributed by atoms with Crippen LogP contribution in [0.25, 0.3) is 17.0 Å². The Balaban J connectivity index is 1.67. The third-order valence-electron chi connectivity index (χ3n) is 5.78. The molecule has 4 rings (SSSR count). The first-order valence-corrected chi connectivity index (χ1v) is 8.70. The smallest absolute Gasteiger partial charge is 0.256 e. The summed E-state index contributed by atoms with van der Waals surface area (Å²) in [6, 6.07) is 6.23. The van der Waals surface area contributed by atoms with E-state index in [4.69, 9.17) is 0 Å². The molecule has 1 aromatic heterocycles. The average molecular weight is 308 g/mol. The van der Waals surface area contributed by atoms with E-state index < -0.39 is 0 Å². The Morgan fingerprint density at radius 3 is 2.61 bits per heavy atom. The lowest BCUT2D eigenvalue weighted by Gasteiger charge is -2.32. The Bertz CT molecular complexity index is 772. The average Bonchev–Trinajstić information content (AvgIpc) is 3.24. The molecule has 1 spiro atoms. The number of rotatable bonds is 3. The van der Waals surface area contributed by atoms with Gasteiger partial charge in [0.25, 0.3) is 5.91 Å². The SMILES string of the molecule is C=Cc1ccc2c(C(=O)N3CCC4(CC3)CC4)cn(CC)c2c1. The first kappa shape index (κ1) is 14.6. The number of aromatic nitrogens is 1. The number of fused-ring (bicyclic) bond motifs is 1. The van der Waals surface area contributed by atoms with Crippen LogP contribution in [0, 0.1) is 5.41 Å². The maximum absolute atomic E-state index is 13.0. The van der Waals surface area contributed by atoms with E-state index >= 15 is 0 Å². The van der Waals surface area contributed by atoms with E-state index in [1.54, 1.807) is 0 Å². The molecule has 2 aromatic rings. The molecule has 2 heterocycles. The van der Waals surface area contributed by atoms with Gasteiger partial charge in [-0.2, -0.15) is 0 Å². The largest absolute Gasteiger partial charge is 0.347 e. The van der Waals surface area contributed by atoms with E-state index in [0.717, 1.165) is 41.7 Å². The lowest BCUT2D eigenvalue weighted by Crippen LogP contribution is -2.39. The molecule has 0 radical (unpaired) electrons. The van der Waals surface area contributed by atoms with Crippen LogP contribution in [-0.4, -0.2) is 28.5 Å². The third kappa shape index (κ3) is 2.39. The Hall–Kier alpha value is -2.03. The molecule has 3 heteroatoms. The second-order valence-corrected chi connectivity index (χ2v) is 7.10. The van der Waals surface area contributed by atoms with Crippen molar-refractivity contribution in [2.24, 2.45) is 5.41 Å². The number of nitrogens with zero attached hydrogens (tertiary/aromatic N) is 2. The molecule has 1 amide bonds. The number of benzene rings is 1. The van der Waals surface area contributed by atoms with Crippen molar-refractivity contribution in [2.75, 3.05) is 13.1 Å². The van der Waals surface area contributed by atoms with Crippen molar-refractivity contribution in [1.29, 1.82) is 0 Å². The monoisotopic (exact) mass is 308 g/mol. The molecular weight excluding hydrogens is 284 g/mol. The van der Waals surface area contributed by atoms with E-state index in [1.807, 2.05) is 18.3 Å². The summed E-state index contributed by atoms with van der Waals surface area (Å²) < 4.78 is 2.17. The van der Waals surface area contributed by atoms with Gasteiger partial charge in [0.2, 0.25) is 0 Å². The van der Waals surface area contributed by atoms with E-state index in [0.29, 0.717) is 5.41 Å². The Labute approximate surface area is 137 Å². The van der Waals surface area contributed by atoms with Crippen LogP contribution in [0.15, 0.2) is 31.0 Å². The molecule has 1 aromatic carbocycles. The fourth-order valence-electron chi connectivity index (χ4n) is 3.90. The molecular formula is C20H24N2O. The number of hydrogen-bond donors (Lipinski definition) is 0. The first-order valence-electron chi connectivity index (χ1n) is 8.70. The standard InChI is InChI=1S/C20H24N2O/c1-3-15-5-6-16-17(14-21(4-2)18(16)13-15)19(23)22-11-9-20(7-8-20)10-12-22/h3,5-6,13-14H,1,4,7-12H2,2H3.